The molecule has 26 heavy (non-hydrogen) atoms. The summed E-state index contributed by atoms with van der Waals surface area (Å²) in [5.41, 5.74) is 5.50. The van der Waals surface area contributed by atoms with E-state index in [2.05, 4.69) is 74.1 Å². The first-order chi connectivity index (χ1) is 12.5. The zero-order chi connectivity index (χ0) is 18.9. The van der Waals surface area contributed by atoms with E-state index >= 15 is 0 Å². The van der Waals surface area contributed by atoms with Crippen LogP contribution in [0.5, 0.6) is 0 Å². The van der Waals surface area contributed by atoms with Crippen LogP contribution in [0.25, 0.3) is 11.1 Å². The maximum atomic E-state index is 11.3. The van der Waals surface area contributed by atoms with Crippen molar-refractivity contribution >= 4 is 17.7 Å². The van der Waals surface area contributed by atoms with Gasteiger partial charge in [0.2, 0.25) is 0 Å². The van der Waals surface area contributed by atoms with E-state index in [0.717, 1.165) is 18.1 Å². The van der Waals surface area contributed by atoms with Crippen molar-refractivity contribution < 1.29 is 9.53 Å². The maximum Gasteiger partial charge on any atom is 0.333 e. The summed E-state index contributed by atoms with van der Waals surface area (Å²) in [6, 6.07) is 17.4. The fourth-order valence-corrected chi connectivity index (χ4v) is 3.24. The maximum absolute atomic E-state index is 11.3. The van der Waals surface area contributed by atoms with Crippen LogP contribution in [0.3, 0.4) is 0 Å². The van der Waals surface area contributed by atoms with Gasteiger partial charge in [-0.05, 0) is 43.3 Å². The van der Waals surface area contributed by atoms with Crippen LogP contribution in [0.15, 0.2) is 60.7 Å². The van der Waals surface area contributed by atoms with Gasteiger partial charge < -0.3 is 9.64 Å². The zero-order valence-corrected chi connectivity index (χ0v) is 16.6. The van der Waals surface area contributed by atoms with Crippen molar-refractivity contribution in [2.45, 2.75) is 19.2 Å². The number of carbonyl (C=O) groups excluding carboxylic acids is 1. The van der Waals surface area contributed by atoms with Gasteiger partial charge in [-0.25, -0.2) is 4.79 Å². The number of benzene rings is 2. The molecule has 0 spiro atoms. The molecule has 2 rings (SSSR count). The second kappa shape index (κ2) is 10.2. The molecule has 0 heterocycles. The minimum absolute atomic E-state index is 0.313. The molecular formula is C22H27NO2S. The second-order valence-corrected chi connectivity index (χ2v) is 7.71. The lowest BCUT2D eigenvalue weighted by Crippen LogP contribution is -2.10. The molecule has 2 aromatic rings. The molecular weight excluding hydrogens is 342 g/mol. The van der Waals surface area contributed by atoms with Crippen molar-refractivity contribution in [2.75, 3.05) is 26.5 Å². The summed E-state index contributed by atoms with van der Waals surface area (Å²) in [5, 5.41) is 0. The molecule has 0 fully saturated rings. The van der Waals surface area contributed by atoms with Gasteiger partial charge in [-0.2, -0.15) is 11.8 Å². The normalized spacial score (nSPS) is 10.8. The lowest BCUT2D eigenvalue weighted by atomic mass is 10.0. The van der Waals surface area contributed by atoms with Crippen LogP contribution in [-0.2, 0) is 21.8 Å². The molecule has 0 bridgehead atoms. The number of nitrogens with zero attached hydrogens (tertiary/aromatic N) is 1. The molecule has 0 amide bonds. The van der Waals surface area contributed by atoms with Crippen LogP contribution in [0.1, 0.15) is 18.1 Å². The Morgan fingerprint density at radius 2 is 1.54 bits per heavy atom. The van der Waals surface area contributed by atoms with E-state index in [4.69, 9.17) is 4.74 Å². The van der Waals surface area contributed by atoms with Crippen molar-refractivity contribution in [1.82, 2.24) is 4.90 Å². The van der Waals surface area contributed by atoms with Crippen molar-refractivity contribution in [2.24, 2.45) is 0 Å². The number of hydrogen-bond acceptors (Lipinski definition) is 4. The predicted octanol–water partition coefficient (Wildman–Crippen LogP) is 4.77. The molecule has 0 aliphatic rings. The smallest absolute Gasteiger partial charge is 0.333 e. The SMILES string of the molecule is C=C(C)C(=O)OCCSCc1ccc(-c2ccc(CN(C)C)cc2)cc1. The topological polar surface area (TPSA) is 29.5 Å². The van der Waals surface area contributed by atoms with Gasteiger partial charge >= 0.3 is 5.97 Å². The Labute approximate surface area is 161 Å². The molecule has 4 heteroatoms. The Hall–Kier alpha value is -2.04. The minimum atomic E-state index is -0.313. The van der Waals surface area contributed by atoms with Gasteiger partial charge in [0.25, 0.3) is 0 Å². The molecule has 0 saturated heterocycles. The first kappa shape index (κ1) is 20.3. The Morgan fingerprint density at radius 3 is 2.04 bits per heavy atom. The molecule has 0 N–H and O–H groups in total. The first-order valence-electron chi connectivity index (χ1n) is 8.69. The summed E-state index contributed by atoms with van der Waals surface area (Å²) < 4.78 is 5.09. The highest BCUT2D eigenvalue weighted by atomic mass is 32.2. The van der Waals surface area contributed by atoms with E-state index in [1.54, 1.807) is 18.7 Å². The van der Waals surface area contributed by atoms with E-state index < -0.39 is 0 Å². The third kappa shape index (κ3) is 6.70. The third-order valence-electron chi connectivity index (χ3n) is 3.82. The van der Waals surface area contributed by atoms with Gasteiger partial charge in [0.1, 0.15) is 6.61 Å². The van der Waals surface area contributed by atoms with Gasteiger partial charge in [-0.3, -0.25) is 0 Å². The van der Waals surface area contributed by atoms with Gasteiger partial charge in [-0.1, -0.05) is 55.1 Å². The highest BCUT2D eigenvalue weighted by molar-refractivity contribution is 7.98. The third-order valence-corrected chi connectivity index (χ3v) is 4.81. The Morgan fingerprint density at radius 1 is 1.00 bits per heavy atom. The summed E-state index contributed by atoms with van der Waals surface area (Å²) in [6.45, 7) is 6.61. The molecule has 0 radical (unpaired) electrons. The Kier molecular flexibility index (Phi) is 7.95. The minimum Gasteiger partial charge on any atom is -0.461 e. The van der Waals surface area contributed by atoms with Gasteiger partial charge in [-0.15, -0.1) is 0 Å². The molecule has 0 unspecified atom stereocenters. The van der Waals surface area contributed by atoms with Gasteiger partial charge in [0.05, 0.1) is 0 Å². The van der Waals surface area contributed by atoms with E-state index in [1.165, 1.54) is 22.3 Å². The molecule has 0 atom stereocenters. The molecule has 0 aliphatic heterocycles. The average molecular weight is 370 g/mol. The Bertz CT molecular complexity index is 721. The highest BCUT2D eigenvalue weighted by Gasteiger charge is 2.03. The number of rotatable bonds is 9. The molecule has 0 saturated carbocycles. The van der Waals surface area contributed by atoms with Crippen LogP contribution in [0.2, 0.25) is 0 Å². The van der Waals surface area contributed by atoms with Crippen LogP contribution >= 0.6 is 11.8 Å². The zero-order valence-electron chi connectivity index (χ0n) is 15.8. The molecule has 2 aromatic carbocycles. The molecule has 0 aromatic heterocycles. The average Bonchev–Trinajstić information content (AvgIpc) is 2.62. The monoisotopic (exact) mass is 369 g/mol. The van der Waals surface area contributed by atoms with Crippen LogP contribution in [0.4, 0.5) is 0 Å². The second-order valence-electron chi connectivity index (χ2n) is 6.60. The lowest BCUT2D eigenvalue weighted by Gasteiger charge is -2.10. The predicted molar refractivity (Wildman–Crippen MR) is 111 cm³/mol. The fourth-order valence-electron chi connectivity index (χ4n) is 2.47. The van der Waals surface area contributed by atoms with Crippen LogP contribution in [0, 0.1) is 0 Å². The van der Waals surface area contributed by atoms with Gasteiger partial charge in [0, 0.05) is 23.6 Å². The largest absolute Gasteiger partial charge is 0.461 e. The molecule has 3 nitrogen and oxygen atoms in total. The summed E-state index contributed by atoms with van der Waals surface area (Å²) in [7, 11) is 4.16. The molecule has 0 aliphatic carbocycles. The van der Waals surface area contributed by atoms with Crippen LogP contribution < -0.4 is 0 Å². The molecule has 138 valence electrons. The van der Waals surface area contributed by atoms with E-state index in [1.807, 2.05) is 0 Å². The van der Waals surface area contributed by atoms with E-state index in [0.29, 0.717) is 12.2 Å². The lowest BCUT2D eigenvalue weighted by molar-refractivity contribution is -0.138. The first-order valence-corrected chi connectivity index (χ1v) is 9.84. The number of thioether (sulfide) groups is 1. The standard InChI is InChI=1S/C22H27NO2S/c1-17(2)22(24)25-13-14-26-16-19-7-11-21(12-8-19)20-9-5-18(6-10-20)15-23(3)4/h5-12H,1,13-16H2,2-4H3. The van der Waals surface area contributed by atoms with Gasteiger partial charge in [0.15, 0.2) is 0 Å². The number of esters is 1. The summed E-state index contributed by atoms with van der Waals surface area (Å²) >= 11 is 1.76. The quantitative estimate of drug-likeness (QED) is 0.362. The van der Waals surface area contributed by atoms with E-state index in [-0.39, 0.29) is 5.97 Å². The summed E-state index contributed by atoms with van der Waals surface area (Å²) in [4.78, 5) is 13.5. The van der Waals surface area contributed by atoms with Crippen molar-refractivity contribution in [3.8, 4) is 11.1 Å². The number of ether oxygens (including phenoxy) is 1. The number of hydrogen-bond donors (Lipinski definition) is 0. The van der Waals surface area contributed by atoms with Crippen molar-refractivity contribution in [3.63, 3.8) is 0 Å². The summed E-state index contributed by atoms with van der Waals surface area (Å²) in [6.07, 6.45) is 0. The van der Waals surface area contributed by atoms with Crippen LogP contribution in [-0.4, -0.2) is 37.3 Å². The van der Waals surface area contributed by atoms with Crippen molar-refractivity contribution in [3.05, 3.63) is 71.8 Å². The fraction of sp³-hybridized carbons (Fsp3) is 0.318. The van der Waals surface area contributed by atoms with Crippen molar-refractivity contribution in [1.29, 1.82) is 0 Å². The summed E-state index contributed by atoms with van der Waals surface area (Å²) in [5.74, 6) is 1.38. The highest BCUT2D eigenvalue weighted by Crippen LogP contribution is 2.22. The number of carbonyl (C=O) groups is 1. The van der Waals surface area contributed by atoms with E-state index in [9.17, 15) is 4.79 Å². The Balaban J connectivity index is 1.80.